The van der Waals surface area contributed by atoms with Crippen LogP contribution < -0.4 is 0 Å². The van der Waals surface area contributed by atoms with E-state index in [2.05, 4.69) is 23.7 Å². The van der Waals surface area contributed by atoms with Crippen molar-refractivity contribution in [2.24, 2.45) is 11.8 Å². The van der Waals surface area contributed by atoms with Gasteiger partial charge in [-0.1, -0.05) is 44.2 Å². The predicted molar refractivity (Wildman–Crippen MR) is 134 cm³/mol. The quantitative estimate of drug-likeness (QED) is 0.520. The molecular formula is C28H36N4O3. The van der Waals surface area contributed by atoms with E-state index in [1.165, 1.54) is 4.90 Å². The minimum absolute atomic E-state index is 0.00606. The lowest BCUT2D eigenvalue weighted by atomic mass is 9.75. The van der Waals surface area contributed by atoms with Crippen LogP contribution in [0.2, 0.25) is 0 Å². The number of hydrogen-bond acceptors (Lipinski definition) is 5. The summed E-state index contributed by atoms with van der Waals surface area (Å²) >= 11 is 0. The molecule has 7 nitrogen and oxygen atoms in total. The van der Waals surface area contributed by atoms with Crippen molar-refractivity contribution < 1.29 is 14.4 Å². The van der Waals surface area contributed by atoms with Crippen molar-refractivity contribution in [3.63, 3.8) is 0 Å². The van der Waals surface area contributed by atoms with E-state index in [1.807, 2.05) is 37.4 Å². The topological polar surface area (TPSA) is 73.8 Å². The summed E-state index contributed by atoms with van der Waals surface area (Å²) in [7, 11) is 1.82. The first-order chi connectivity index (χ1) is 16.8. The molecular weight excluding hydrogens is 440 g/mol. The summed E-state index contributed by atoms with van der Waals surface area (Å²) in [5.41, 5.74) is 0.387. The van der Waals surface area contributed by atoms with Crippen LogP contribution in [-0.2, 0) is 26.3 Å². The molecule has 0 saturated carbocycles. The Morgan fingerprint density at radius 3 is 2.54 bits per heavy atom. The number of amides is 3. The Bertz CT molecular complexity index is 1040. The first-order valence-corrected chi connectivity index (χ1v) is 12.5. The lowest BCUT2D eigenvalue weighted by Gasteiger charge is -2.30. The third kappa shape index (κ3) is 5.61. The molecule has 0 N–H and O–H groups in total. The molecule has 0 aliphatic carbocycles. The van der Waals surface area contributed by atoms with E-state index in [9.17, 15) is 14.4 Å². The van der Waals surface area contributed by atoms with Gasteiger partial charge in [0.2, 0.25) is 17.7 Å². The van der Waals surface area contributed by atoms with Crippen molar-refractivity contribution in [3.8, 4) is 0 Å². The molecule has 1 aromatic heterocycles. The van der Waals surface area contributed by atoms with Crippen molar-refractivity contribution in [2.75, 3.05) is 33.2 Å². The zero-order valence-corrected chi connectivity index (χ0v) is 21.0. The molecule has 0 bridgehead atoms. The molecule has 4 rings (SSSR count). The van der Waals surface area contributed by atoms with Crippen LogP contribution in [0.1, 0.15) is 44.2 Å². The molecule has 2 saturated heterocycles. The molecule has 3 amide bonds. The van der Waals surface area contributed by atoms with Crippen LogP contribution >= 0.6 is 0 Å². The number of benzene rings is 1. The van der Waals surface area contributed by atoms with Crippen LogP contribution in [0.3, 0.4) is 0 Å². The molecule has 0 radical (unpaired) electrons. The van der Waals surface area contributed by atoms with Gasteiger partial charge in [0, 0.05) is 51.9 Å². The second-order valence-corrected chi connectivity index (χ2v) is 10.5. The number of hydrogen-bond donors (Lipinski definition) is 0. The molecule has 186 valence electrons. The lowest BCUT2D eigenvalue weighted by molar-refractivity contribution is -0.143. The number of rotatable bonds is 9. The average molecular weight is 477 g/mol. The van der Waals surface area contributed by atoms with Gasteiger partial charge in [0.1, 0.15) is 0 Å². The van der Waals surface area contributed by atoms with Crippen molar-refractivity contribution >= 4 is 17.7 Å². The van der Waals surface area contributed by atoms with Crippen molar-refractivity contribution in [3.05, 3.63) is 66.0 Å². The highest BCUT2D eigenvalue weighted by atomic mass is 16.2. The molecule has 0 unspecified atom stereocenters. The van der Waals surface area contributed by atoms with Gasteiger partial charge >= 0.3 is 0 Å². The number of carbonyl (C=O) groups excluding carboxylic acids is 3. The molecule has 3 heterocycles. The SMILES string of the molecule is CC(C)CN1CC[C@@H](CN(C)C(=O)C[C@]2(c3ccccc3)CC(=O)N(Cc3ccncc3)C2=O)C1. The van der Waals surface area contributed by atoms with E-state index < -0.39 is 5.41 Å². The monoisotopic (exact) mass is 476 g/mol. The summed E-state index contributed by atoms with van der Waals surface area (Å²) in [6, 6.07) is 12.9. The number of likely N-dealkylation sites (tertiary alicyclic amines) is 2. The van der Waals surface area contributed by atoms with Gasteiger partial charge in [-0.25, -0.2) is 0 Å². The van der Waals surface area contributed by atoms with Crippen LogP contribution in [0.15, 0.2) is 54.9 Å². The van der Waals surface area contributed by atoms with Crippen molar-refractivity contribution in [2.45, 2.75) is 45.1 Å². The normalized spacial score (nSPS) is 22.9. The highest BCUT2D eigenvalue weighted by Gasteiger charge is 2.54. The lowest BCUT2D eigenvalue weighted by Crippen LogP contribution is -2.43. The van der Waals surface area contributed by atoms with E-state index in [1.54, 1.807) is 29.4 Å². The summed E-state index contributed by atoms with van der Waals surface area (Å²) in [6.45, 7) is 8.45. The third-order valence-electron chi connectivity index (χ3n) is 7.23. The molecule has 1 aromatic carbocycles. The number of imide groups is 1. The van der Waals surface area contributed by atoms with Crippen LogP contribution in [0.5, 0.6) is 0 Å². The van der Waals surface area contributed by atoms with Crippen LogP contribution in [0.4, 0.5) is 0 Å². The van der Waals surface area contributed by atoms with Gasteiger partial charge in [0.15, 0.2) is 0 Å². The van der Waals surface area contributed by atoms with Crippen molar-refractivity contribution in [1.82, 2.24) is 19.7 Å². The van der Waals surface area contributed by atoms with Gasteiger partial charge in [0.25, 0.3) is 0 Å². The largest absolute Gasteiger partial charge is 0.345 e. The van der Waals surface area contributed by atoms with Gasteiger partial charge in [-0.05, 0) is 48.1 Å². The second-order valence-electron chi connectivity index (χ2n) is 10.5. The molecule has 7 heteroatoms. The molecule has 2 aliphatic rings. The fourth-order valence-electron chi connectivity index (χ4n) is 5.48. The first-order valence-electron chi connectivity index (χ1n) is 12.5. The number of pyridine rings is 1. The Morgan fingerprint density at radius 2 is 1.86 bits per heavy atom. The Balaban J connectivity index is 1.50. The number of nitrogens with zero attached hydrogens (tertiary/aromatic N) is 4. The fourth-order valence-corrected chi connectivity index (χ4v) is 5.48. The van der Waals surface area contributed by atoms with E-state index in [0.29, 0.717) is 18.4 Å². The van der Waals surface area contributed by atoms with E-state index >= 15 is 0 Å². The maximum Gasteiger partial charge on any atom is 0.241 e. The Kier molecular flexibility index (Phi) is 7.65. The van der Waals surface area contributed by atoms with Gasteiger partial charge in [0.05, 0.1) is 12.0 Å². The molecule has 2 fully saturated rings. The summed E-state index contributed by atoms with van der Waals surface area (Å²) in [4.78, 5) is 49.9. The second kappa shape index (κ2) is 10.7. The van der Waals surface area contributed by atoms with Crippen LogP contribution in [-0.4, -0.2) is 70.6 Å². The molecule has 2 aliphatic heterocycles. The minimum atomic E-state index is -1.17. The summed E-state index contributed by atoms with van der Waals surface area (Å²) in [6.07, 6.45) is 4.37. The standard InChI is InChI=1S/C28H36N4O3/c1-21(2)17-31-14-11-23(19-31)18-30(3)25(33)15-28(24-7-5-4-6-8-24)16-26(34)32(27(28)35)20-22-9-12-29-13-10-22/h4-10,12-13,21,23H,11,14-20H2,1-3H3/t23-,28+/m0/s1. The smallest absolute Gasteiger partial charge is 0.241 e. The summed E-state index contributed by atoms with van der Waals surface area (Å²) in [5, 5.41) is 0. The Labute approximate surface area is 208 Å². The zero-order valence-electron chi connectivity index (χ0n) is 21.0. The zero-order chi connectivity index (χ0) is 25.0. The van der Waals surface area contributed by atoms with Gasteiger partial charge in [-0.15, -0.1) is 0 Å². The third-order valence-corrected chi connectivity index (χ3v) is 7.23. The molecule has 2 aromatic rings. The summed E-state index contributed by atoms with van der Waals surface area (Å²) in [5.74, 6) is 0.421. The molecule has 35 heavy (non-hydrogen) atoms. The fraction of sp³-hybridized carbons (Fsp3) is 0.500. The maximum absolute atomic E-state index is 13.8. The predicted octanol–water partition coefficient (Wildman–Crippen LogP) is 3.10. The van der Waals surface area contributed by atoms with Gasteiger partial charge in [-0.3, -0.25) is 24.3 Å². The van der Waals surface area contributed by atoms with Gasteiger partial charge < -0.3 is 9.80 Å². The highest BCUT2D eigenvalue weighted by molar-refractivity contribution is 6.10. The minimum Gasteiger partial charge on any atom is -0.345 e. The molecule has 2 atom stereocenters. The van der Waals surface area contributed by atoms with E-state index in [4.69, 9.17) is 0 Å². The average Bonchev–Trinajstić information content (AvgIpc) is 3.37. The Morgan fingerprint density at radius 1 is 1.14 bits per heavy atom. The first kappa shape index (κ1) is 25.0. The Hall–Kier alpha value is -3.06. The number of carbonyl (C=O) groups is 3. The van der Waals surface area contributed by atoms with Crippen LogP contribution in [0.25, 0.3) is 0 Å². The maximum atomic E-state index is 13.8. The molecule has 0 spiro atoms. The highest BCUT2D eigenvalue weighted by Crippen LogP contribution is 2.41. The van der Waals surface area contributed by atoms with E-state index in [-0.39, 0.29) is 37.1 Å². The van der Waals surface area contributed by atoms with Gasteiger partial charge in [-0.2, -0.15) is 0 Å². The number of aromatic nitrogens is 1. The van der Waals surface area contributed by atoms with E-state index in [0.717, 1.165) is 37.2 Å². The van der Waals surface area contributed by atoms with Crippen molar-refractivity contribution in [1.29, 1.82) is 0 Å². The summed E-state index contributed by atoms with van der Waals surface area (Å²) < 4.78 is 0. The van der Waals surface area contributed by atoms with Crippen LogP contribution in [0, 0.1) is 11.8 Å².